The van der Waals surface area contributed by atoms with Crippen LogP contribution in [-0.2, 0) is 14.8 Å². The molecule has 0 atom stereocenters. The van der Waals surface area contributed by atoms with E-state index in [4.69, 9.17) is 21.3 Å². The van der Waals surface area contributed by atoms with Crippen molar-refractivity contribution >= 4 is 49.8 Å². The fourth-order valence-corrected chi connectivity index (χ4v) is 5.53. The van der Waals surface area contributed by atoms with Crippen molar-refractivity contribution in [3.63, 3.8) is 0 Å². The molecule has 1 saturated heterocycles. The van der Waals surface area contributed by atoms with E-state index in [1.807, 2.05) is 36.4 Å². The lowest BCUT2D eigenvalue weighted by molar-refractivity contribution is 0.102. The lowest BCUT2D eigenvalue weighted by atomic mass is 10.1. The van der Waals surface area contributed by atoms with E-state index in [1.165, 1.54) is 4.31 Å². The van der Waals surface area contributed by atoms with Gasteiger partial charge in [0.05, 0.1) is 35.1 Å². The molecule has 3 aromatic carbocycles. The third-order valence-corrected chi connectivity index (χ3v) is 7.71. The molecular formula is C26H22ClN3O4S. The molecule has 1 aliphatic rings. The van der Waals surface area contributed by atoms with Crippen LogP contribution in [0.5, 0.6) is 0 Å². The van der Waals surface area contributed by atoms with Gasteiger partial charge in [-0.3, -0.25) is 9.10 Å². The molecule has 1 aliphatic heterocycles. The molecule has 0 bridgehead atoms. The third-order valence-electron chi connectivity index (χ3n) is 5.85. The van der Waals surface area contributed by atoms with Crippen LogP contribution < -0.4 is 9.62 Å². The number of amides is 1. The summed E-state index contributed by atoms with van der Waals surface area (Å²) in [6.45, 7) is 2.34. The number of rotatable bonds is 4. The molecule has 1 amide bonds. The number of para-hydroxylation sites is 1. The number of nitrogens with one attached hydrogen (secondary N) is 1. The number of aromatic nitrogens is 1. The predicted octanol–water partition coefficient (Wildman–Crippen LogP) is 5.24. The highest BCUT2D eigenvalue weighted by atomic mass is 35.5. The first-order valence-electron chi connectivity index (χ1n) is 11.0. The smallest absolute Gasteiger partial charge is 0.259 e. The van der Waals surface area contributed by atoms with Crippen molar-refractivity contribution in [3.8, 4) is 11.3 Å². The number of hydrogen-bond acceptors (Lipinski definition) is 5. The van der Waals surface area contributed by atoms with E-state index in [1.54, 1.807) is 43.3 Å². The molecule has 0 unspecified atom stereocenters. The maximum atomic E-state index is 13.0. The Balaban J connectivity index is 1.40. The SMILES string of the molecule is Cc1cc(N2CCOCS2(=O)=O)ccc1C(=O)Nc1ccc(Cl)c(-c2ccc3ccccc3n2)c1. The maximum absolute atomic E-state index is 13.0. The highest BCUT2D eigenvalue weighted by Crippen LogP contribution is 2.31. The summed E-state index contributed by atoms with van der Waals surface area (Å²) in [5.41, 5.74) is 4.46. The van der Waals surface area contributed by atoms with Gasteiger partial charge < -0.3 is 10.1 Å². The van der Waals surface area contributed by atoms with E-state index in [0.717, 1.165) is 10.9 Å². The van der Waals surface area contributed by atoms with Crippen molar-refractivity contribution < 1.29 is 17.9 Å². The highest BCUT2D eigenvalue weighted by Gasteiger charge is 2.27. The molecule has 2 heterocycles. The summed E-state index contributed by atoms with van der Waals surface area (Å²) in [7, 11) is -3.53. The predicted molar refractivity (Wildman–Crippen MR) is 138 cm³/mol. The van der Waals surface area contributed by atoms with Crippen LogP contribution in [0.2, 0.25) is 5.02 Å². The number of halogens is 1. The van der Waals surface area contributed by atoms with Crippen LogP contribution in [0.15, 0.2) is 72.8 Å². The molecule has 0 radical (unpaired) electrons. The van der Waals surface area contributed by atoms with Gasteiger partial charge in [-0.2, -0.15) is 0 Å². The van der Waals surface area contributed by atoms with Crippen molar-refractivity contribution in [3.05, 3.63) is 88.9 Å². The van der Waals surface area contributed by atoms with Gasteiger partial charge in [-0.05, 0) is 61.0 Å². The Bertz CT molecular complexity index is 1560. The molecule has 35 heavy (non-hydrogen) atoms. The first kappa shape index (κ1) is 23.3. The van der Waals surface area contributed by atoms with Gasteiger partial charge in [0, 0.05) is 22.2 Å². The van der Waals surface area contributed by atoms with Gasteiger partial charge >= 0.3 is 0 Å². The molecule has 0 spiro atoms. The molecule has 1 N–H and O–H groups in total. The van der Waals surface area contributed by atoms with Crippen LogP contribution >= 0.6 is 11.6 Å². The first-order chi connectivity index (χ1) is 16.8. The summed E-state index contributed by atoms with van der Waals surface area (Å²) in [6, 6.07) is 21.9. The van der Waals surface area contributed by atoms with Crippen LogP contribution in [-0.4, -0.2) is 38.4 Å². The zero-order chi connectivity index (χ0) is 24.6. The molecule has 7 nitrogen and oxygen atoms in total. The van der Waals surface area contributed by atoms with Crippen molar-refractivity contribution in [2.24, 2.45) is 0 Å². The van der Waals surface area contributed by atoms with E-state index in [-0.39, 0.29) is 18.4 Å². The Morgan fingerprint density at radius 1 is 1.06 bits per heavy atom. The third kappa shape index (κ3) is 4.73. The largest absolute Gasteiger partial charge is 0.362 e. The second-order valence-corrected chi connectivity index (χ2v) is 10.5. The molecule has 0 saturated carbocycles. The fraction of sp³-hybridized carbons (Fsp3) is 0.154. The number of sulfonamides is 1. The molecule has 1 aromatic heterocycles. The lowest BCUT2D eigenvalue weighted by Crippen LogP contribution is -2.41. The quantitative estimate of drug-likeness (QED) is 0.408. The summed E-state index contributed by atoms with van der Waals surface area (Å²) in [5.74, 6) is -0.655. The van der Waals surface area contributed by atoms with Crippen LogP contribution in [0.1, 0.15) is 15.9 Å². The second kappa shape index (κ2) is 9.30. The standard InChI is InChI=1S/C26H22ClN3O4S/c1-17-14-20(30-12-13-34-16-35(30,32)33)8-9-21(17)26(31)28-19-7-10-23(27)22(15-19)25-11-6-18-4-2-3-5-24(18)29-25/h2-11,14-15H,12-13,16H2,1H3,(H,28,31). The molecule has 5 rings (SSSR count). The van der Waals surface area contributed by atoms with Crippen molar-refractivity contribution in [2.45, 2.75) is 6.92 Å². The Labute approximate surface area is 208 Å². The average molecular weight is 508 g/mol. The van der Waals surface area contributed by atoms with Gasteiger partial charge in [0.25, 0.3) is 15.9 Å². The van der Waals surface area contributed by atoms with Crippen LogP contribution in [0, 0.1) is 6.92 Å². The Morgan fingerprint density at radius 3 is 2.69 bits per heavy atom. The number of fused-ring (bicyclic) bond motifs is 1. The van der Waals surface area contributed by atoms with Crippen molar-refractivity contribution in [2.75, 3.05) is 28.7 Å². The van der Waals surface area contributed by atoms with E-state index in [2.05, 4.69) is 5.32 Å². The van der Waals surface area contributed by atoms with Crippen LogP contribution in [0.25, 0.3) is 22.2 Å². The first-order valence-corrected chi connectivity index (χ1v) is 13.0. The number of anilines is 2. The van der Waals surface area contributed by atoms with Gasteiger partial charge in [0.2, 0.25) is 0 Å². The van der Waals surface area contributed by atoms with Gasteiger partial charge in [-0.15, -0.1) is 0 Å². The van der Waals surface area contributed by atoms with Crippen LogP contribution in [0.3, 0.4) is 0 Å². The zero-order valence-electron chi connectivity index (χ0n) is 18.9. The van der Waals surface area contributed by atoms with E-state index >= 15 is 0 Å². The Hall–Kier alpha value is -3.46. The summed E-state index contributed by atoms with van der Waals surface area (Å²) < 4.78 is 31.0. The normalized spacial score (nSPS) is 15.2. The zero-order valence-corrected chi connectivity index (χ0v) is 20.4. The monoisotopic (exact) mass is 507 g/mol. The number of ether oxygens (including phenoxy) is 1. The average Bonchev–Trinajstić information content (AvgIpc) is 2.84. The Kier molecular flexibility index (Phi) is 6.19. The van der Waals surface area contributed by atoms with E-state index in [9.17, 15) is 13.2 Å². The fourth-order valence-electron chi connectivity index (χ4n) is 4.08. The summed E-state index contributed by atoms with van der Waals surface area (Å²) in [4.78, 5) is 17.8. The van der Waals surface area contributed by atoms with E-state index < -0.39 is 10.0 Å². The van der Waals surface area contributed by atoms with Gasteiger partial charge in [0.1, 0.15) is 0 Å². The molecule has 178 valence electrons. The number of nitrogens with zero attached hydrogens (tertiary/aromatic N) is 2. The van der Waals surface area contributed by atoms with Gasteiger partial charge in [-0.25, -0.2) is 13.4 Å². The van der Waals surface area contributed by atoms with Gasteiger partial charge in [-0.1, -0.05) is 35.9 Å². The summed E-state index contributed by atoms with van der Waals surface area (Å²) in [6.07, 6.45) is 0. The summed E-state index contributed by atoms with van der Waals surface area (Å²) in [5, 5.41) is 4.47. The van der Waals surface area contributed by atoms with Crippen molar-refractivity contribution in [1.29, 1.82) is 0 Å². The Morgan fingerprint density at radius 2 is 1.89 bits per heavy atom. The number of carbonyl (C=O) groups is 1. The molecule has 4 aromatic rings. The number of aryl methyl sites for hydroxylation is 1. The molecular weight excluding hydrogens is 486 g/mol. The minimum atomic E-state index is -3.53. The molecule has 1 fully saturated rings. The topological polar surface area (TPSA) is 88.6 Å². The minimum Gasteiger partial charge on any atom is -0.362 e. The molecule has 9 heteroatoms. The number of pyridine rings is 1. The maximum Gasteiger partial charge on any atom is 0.259 e. The van der Waals surface area contributed by atoms with Gasteiger partial charge in [0.15, 0.2) is 5.94 Å². The number of benzene rings is 3. The van der Waals surface area contributed by atoms with Crippen LogP contribution in [0.4, 0.5) is 11.4 Å². The second-order valence-electron chi connectivity index (χ2n) is 8.25. The molecule has 0 aliphatic carbocycles. The minimum absolute atomic E-state index is 0.240. The van der Waals surface area contributed by atoms with E-state index in [0.29, 0.717) is 45.4 Å². The van der Waals surface area contributed by atoms with Crippen molar-refractivity contribution in [1.82, 2.24) is 4.98 Å². The number of hydrogen-bond donors (Lipinski definition) is 1. The number of carbonyl (C=O) groups excluding carboxylic acids is 1. The lowest BCUT2D eigenvalue weighted by Gasteiger charge is -2.28. The summed E-state index contributed by atoms with van der Waals surface area (Å²) >= 11 is 6.46. The highest BCUT2D eigenvalue weighted by molar-refractivity contribution is 7.92.